The van der Waals surface area contributed by atoms with Gasteiger partial charge in [0.1, 0.15) is 0 Å². The van der Waals surface area contributed by atoms with Crippen LogP contribution in [-0.4, -0.2) is 39.9 Å². The molecule has 6 heteroatoms. The number of likely N-dealkylation sites (N-methyl/N-ethyl adjacent to an activating group) is 1. The maximum Gasteiger partial charge on any atom is 0.254 e. The number of hydrogen-bond acceptors (Lipinski definition) is 3. The Bertz CT molecular complexity index is 963. The van der Waals surface area contributed by atoms with E-state index in [2.05, 4.69) is 10.3 Å². The smallest absolute Gasteiger partial charge is 0.254 e. The van der Waals surface area contributed by atoms with Gasteiger partial charge < -0.3 is 14.8 Å². The van der Waals surface area contributed by atoms with E-state index in [1.807, 2.05) is 54.9 Å². The maximum absolute atomic E-state index is 12.6. The topological polar surface area (TPSA) is 67.2 Å². The van der Waals surface area contributed by atoms with Gasteiger partial charge in [0.15, 0.2) is 0 Å². The van der Waals surface area contributed by atoms with Crippen molar-refractivity contribution in [3.05, 3.63) is 83.4 Å². The number of benzene rings is 2. The molecule has 28 heavy (non-hydrogen) atoms. The molecule has 1 aromatic heterocycles. The molecule has 0 bridgehead atoms. The summed E-state index contributed by atoms with van der Waals surface area (Å²) in [6.07, 6.45) is 5.37. The number of rotatable bonds is 6. The normalized spacial score (nSPS) is 10.5. The van der Waals surface area contributed by atoms with Gasteiger partial charge in [-0.25, -0.2) is 4.98 Å². The van der Waals surface area contributed by atoms with Gasteiger partial charge in [-0.2, -0.15) is 0 Å². The van der Waals surface area contributed by atoms with Crippen molar-refractivity contribution in [3.63, 3.8) is 0 Å². The maximum atomic E-state index is 12.6. The Labute approximate surface area is 164 Å². The molecule has 0 unspecified atom stereocenters. The SMILES string of the molecule is Cc1cccc(NC(=O)CN(C)C(=O)c2ccc(Cn3ccnc3)cc2)c1C. The van der Waals surface area contributed by atoms with Crippen LogP contribution in [0.4, 0.5) is 5.69 Å². The molecular weight excluding hydrogens is 352 g/mol. The molecule has 144 valence electrons. The first-order valence-corrected chi connectivity index (χ1v) is 9.10. The van der Waals surface area contributed by atoms with Gasteiger partial charge in [0.25, 0.3) is 5.91 Å². The van der Waals surface area contributed by atoms with E-state index in [-0.39, 0.29) is 18.4 Å². The summed E-state index contributed by atoms with van der Waals surface area (Å²) in [5.41, 5.74) is 4.53. The van der Waals surface area contributed by atoms with Crippen LogP contribution in [0.25, 0.3) is 0 Å². The van der Waals surface area contributed by atoms with Gasteiger partial charge in [0, 0.05) is 37.2 Å². The highest BCUT2D eigenvalue weighted by molar-refractivity contribution is 5.99. The Morgan fingerprint density at radius 2 is 1.86 bits per heavy atom. The predicted octanol–water partition coefficient (Wildman–Crippen LogP) is 3.26. The fraction of sp³-hybridized carbons (Fsp3) is 0.227. The summed E-state index contributed by atoms with van der Waals surface area (Å²) in [5.74, 6) is -0.411. The van der Waals surface area contributed by atoms with Crippen LogP contribution in [0.3, 0.4) is 0 Å². The van der Waals surface area contributed by atoms with Gasteiger partial charge >= 0.3 is 0 Å². The number of nitrogens with zero attached hydrogens (tertiary/aromatic N) is 3. The Morgan fingerprint density at radius 3 is 2.54 bits per heavy atom. The number of imidazole rings is 1. The van der Waals surface area contributed by atoms with Crippen molar-refractivity contribution < 1.29 is 9.59 Å². The third kappa shape index (κ3) is 4.65. The van der Waals surface area contributed by atoms with Gasteiger partial charge in [-0.3, -0.25) is 9.59 Å². The number of aryl methyl sites for hydroxylation is 1. The Balaban J connectivity index is 1.59. The predicted molar refractivity (Wildman–Crippen MR) is 109 cm³/mol. The Kier molecular flexibility index (Phi) is 5.89. The first-order valence-electron chi connectivity index (χ1n) is 9.10. The van der Waals surface area contributed by atoms with E-state index < -0.39 is 0 Å². The van der Waals surface area contributed by atoms with Crippen LogP contribution in [-0.2, 0) is 11.3 Å². The molecule has 0 fully saturated rings. The number of nitrogens with one attached hydrogen (secondary N) is 1. The largest absolute Gasteiger partial charge is 0.333 e. The summed E-state index contributed by atoms with van der Waals surface area (Å²) >= 11 is 0. The van der Waals surface area contributed by atoms with Crippen LogP contribution in [0, 0.1) is 13.8 Å². The van der Waals surface area contributed by atoms with E-state index in [0.29, 0.717) is 12.1 Å². The highest BCUT2D eigenvalue weighted by Gasteiger charge is 2.15. The molecule has 0 saturated carbocycles. The highest BCUT2D eigenvalue weighted by Crippen LogP contribution is 2.18. The molecule has 0 spiro atoms. The summed E-state index contributed by atoms with van der Waals surface area (Å²) in [4.78, 5) is 30.4. The van der Waals surface area contributed by atoms with E-state index in [0.717, 1.165) is 22.4 Å². The summed E-state index contributed by atoms with van der Waals surface area (Å²) < 4.78 is 1.96. The molecule has 3 rings (SSSR count). The van der Waals surface area contributed by atoms with Crippen molar-refractivity contribution >= 4 is 17.5 Å². The van der Waals surface area contributed by atoms with Gasteiger partial charge in [0.2, 0.25) is 5.91 Å². The van der Waals surface area contributed by atoms with Crippen molar-refractivity contribution in [3.8, 4) is 0 Å². The summed E-state index contributed by atoms with van der Waals surface area (Å²) in [5, 5.41) is 2.88. The molecule has 3 aromatic rings. The van der Waals surface area contributed by atoms with E-state index in [4.69, 9.17) is 0 Å². The second-order valence-electron chi connectivity index (χ2n) is 6.89. The molecule has 0 radical (unpaired) electrons. The quantitative estimate of drug-likeness (QED) is 0.718. The second-order valence-corrected chi connectivity index (χ2v) is 6.89. The standard InChI is InChI=1S/C22H24N4O2/c1-16-5-4-6-20(17(16)2)24-21(27)14-25(3)22(28)19-9-7-18(8-10-19)13-26-12-11-23-15-26/h4-12,15H,13-14H2,1-3H3,(H,24,27). The van der Waals surface area contributed by atoms with Crippen molar-refractivity contribution in [1.29, 1.82) is 0 Å². The lowest BCUT2D eigenvalue weighted by molar-refractivity contribution is -0.116. The van der Waals surface area contributed by atoms with Crippen LogP contribution in [0.5, 0.6) is 0 Å². The van der Waals surface area contributed by atoms with Gasteiger partial charge in [-0.15, -0.1) is 0 Å². The lowest BCUT2D eigenvalue weighted by Gasteiger charge is -2.18. The number of amides is 2. The lowest BCUT2D eigenvalue weighted by Crippen LogP contribution is -2.35. The monoisotopic (exact) mass is 376 g/mol. The van der Waals surface area contributed by atoms with Gasteiger partial charge in [-0.1, -0.05) is 24.3 Å². The van der Waals surface area contributed by atoms with E-state index in [1.165, 1.54) is 4.90 Å². The fourth-order valence-corrected chi connectivity index (χ4v) is 2.93. The average molecular weight is 376 g/mol. The molecule has 0 aliphatic carbocycles. The van der Waals surface area contributed by atoms with Crippen molar-refractivity contribution in [1.82, 2.24) is 14.5 Å². The summed E-state index contributed by atoms with van der Waals surface area (Å²) in [7, 11) is 1.63. The third-order valence-electron chi connectivity index (χ3n) is 4.73. The molecule has 6 nitrogen and oxygen atoms in total. The Hall–Kier alpha value is -3.41. The number of anilines is 1. The first kappa shape index (κ1) is 19.4. The molecule has 0 aliphatic heterocycles. The molecular formula is C22H24N4O2. The minimum atomic E-state index is -0.221. The van der Waals surface area contributed by atoms with E-state index in [1.54, 1.807) is 31.7 Å². The lowest BCUT2D eigenvalue weighted by atomic mass is 10.1. The molecule has 2 aromatic carbocycles. The van der Waals surface area contributed by atoms with E-state index >= 15 is 0 Å². The number of carbonyl (C=O) groups excluding carboxylic acids is 2. The van der Waals surface area contributed by atoms with Crippen LogP contribution in [0.15, 0.2) is 61.2 Å². The van der Waals surface area contributed by atoms with Crippen molar-refractivity contribution in [2.75, 3.05) is 18.9 Å². The van der Waals surface area contributed by atoms with E-state index in [9.17, 15) is 9.59 Å². The Morgan fingerprint density at radius 1 is 1.11 bits per heavy atom. The third-order valence-corrected chi connectivity index (χ3v) is 4.73. The zero-order valence-electron chi connectivity index (χ0n) is 16.3. The molecule has 1 heterocycles. The minimum Gasteiger partial charge on any atom is -0.333 e. The van der Waals surface area contributed by atoms with Crippen LogP contribution in [0.2, 0.25) is 0 Å². The average Bonchev–Trinajstić information content (AvgIpc) is 3.18. The number of hydrogen-bond donors (Lipinski definition) is 1. The highest BCUT2D eigenvalue weighted by atomic mass is 16.2. The fourth-order valence-electron chi connectivity index (χ4n) is 2.93. The zero-order chi connectivity index (χ0) is 20.1. The molecule has 1 N–H and O–H groups in total. The second kappa shape index (κ2) is 8.52. The summed E-state index contributed by atoms with van der Waals surface area (Å²) in [6.45, 7) is 4.65. The van der Waals surface area contributed by atoms with Crippen molar-refractivity contribution in [2.24, 2.45) is 0 Å². The van der Waals surface area contributed by atoms with Gasteiger partial charge in [-0.05, 0) is 48.7 Å². The zero-order valence-corrected chi connectivity index (χ0v) is 16.3. The molecule has 0 aliphatic rings. The summed E-state index contributed by atoms with van der Waals surface area (Å²) in [6, 6.07) is 13.2. The molecule has 2 amide bonds. The van der Waals surface area contributed by atoms with Gasteiger partial charge in [0.05, 0.1) is 12.9 Å². The van der Waals surface area contributed by atoms with Crippen molar-refractivity contribution in [2.45, 2.75) is 20.4 Å². The van der Waals surface area contributed by atoms with Crippen LogP contribution >= 0.6 is 0 Å². The van der Waals surface area contributed by atoms with Crippen LogP contribution in [0.1, 0.15) is 27.0 Å². The number of carbonyl (C=O) groups is 2. The minimum absolute atomic E-state index is 0.0109. The molecule has 0 atom stereocenters. The number of aromatic nitrogens is 2. The first-order chi connectivity index (χ1) is 13.4. The van der Waals surface area contributed by atoms with Crippen LogP contribution < -0.4 is 5.32 Å². The molecule has 0 saturated heterocycles.